The second-order valence-corrected chi connectivity index (χ2v) is 10.4. The van der Waals surface area contributed by atoms with Crippen LogP contribution in [0.5, 0.6) is 0 Å². The van der Waals surface area contributed by atoms with E-state index >= 15 is 0 Å². The van der Waals surface area contributed by atoms with Crippen molar-refractivity contribution >= 4 is 23.0 Å². The number of benzene rings is 2. The van der Waals surface area contributed by atoms with Gasteiger partial charge in [0, 0.05) is 31.0 Å². The molecule has 5 rings (SSSR count). The van der Waals surface area contributed by atoms with E-state index in [0.717, 1.165) is 28.8 Å². The number of halogens is 5. The Hall–Kier alpha value is -4.09. The van der Waals surface area contributed by atoms with Crippen LogP contribution in [0.1, 0.15) is 52.6 Å². The number of fused-ring (bicyclic) bond motifs is 1. The van der Waals surface area contributed by atoms with Gasteiger partial charge in [-0.05, 0) is 56.0 Å². The Kier molecular flexibility index (Phi) is 6.75. The minimum Gasteiger partial charge on any atom is -0.475 e. The smallest absolute Gasteiger partial charge is 0.416 e. The highest BCUT2D eigenvalue weighted by Crippen LogP contribution is 2.45. The van der Waals surface area contributed by atoms with Crippen molar-refractivity contribution in [1.82, 2.24) is 19.5 Å². The highest BCUT2D eigenvalue weighted by molar-refractivity contribution is 5.92. The number of imidazole rings is 1. The van der Waals surface area contributed by atoms with Crippen LogP contribution in [0, 0.1) is 19.8 Å². The predicted octanol–water partition coefficient (Wildman–Crippen LogP) is 6.72. The van der Waals surface area contributed by atoms with Crippen LogP contribution in [-0.2, 0) is 12.7 Å². The van der Waals surface area contributed by atoms with Crippen LogP contribution in [0.3, 0.4) is 0 Å². The second-order valence-electron chi connectivity index (χ2n) is 10.4. The van der Waals surface area contributed by atoms with Crippen LogP contribution in [-0.4, -0.2) is 42.6 Å². The van der Waals surface area contributed by atoms with Crippen molar-refractivity contribution in [3.05, 3.63) is 70.5 Å². The molecular formula is C28H26F5N5O2. The van der Waals surface area contributed by atoms with Crippen molar-refractivity contribution in [2.24, 2.45) is 5.92 Å². The quantitative estimate of drug-likeness (QED) is 0.244. The summed E-state index contributed by atoms with van der Waals surface area (Å²) < 4.78 is 68.3. The minimum atomic E-state index is -4.49. The van der Waals surface area contributed by atoms with Crippen LogP contribution in [0.25, 0.3) is 22.6 Å². The summed E-state index contributed by atoms with van der Waals surface area (Å²) in [6.45, 7) is 5.56. The molecule has 1 atom stereocenters. The average Bonchev–Trinajstić information content (AvgIpc) is 3.21. The van der Waals surface area contributed by atoms with Crippen molar-refractivity contribution in [2.45, 2.75) is 58.3 Å². The number of rotatable bonds is 7. The molecule has 0 radical (unpaired) electrons. The number of carboxylic acids is 1. The minimum absolute atomic E-state index is 0.0591. The summed E-state index contributed by atoms with van der Waals surface area (Å²) in [6.07, 6.45) is -5.10. The highest BCUT2D eigenvalue weighted by Gasteiger charge is 2.47. The largest absolute Gasteiger partial charge is 0.475 e. The molecule has 7 nitrogen and oxygen atoms in total. The predicted molar refractivity (Wildman–Crippen MR) is 138 cm³/mol. The van der Waals surface area contributed by atoms with Crippen LogP contribution >= 0.6 is 0 Å². The van der Waals surface area contributed by atoms with Crippen LogP contribution in [0.15, 0.2) is 42.5 Å². The number of anilines is 1. The van der Waals surface area contributed by atoms with Gasteiger partial charge in [-0.2, -0.15) is 13.2 Å². The van der Waals surface area contributed by atoms with E-state index < -0.39 is 35.5 Å². The van der Waals surface area contributed by atoms with E-state index in [-0.39, 0.29) is 36.8 Å². The lowest BCUT2D eigenvalue weighted by Gasteiger charge is -2.39. The van der Waals surface area contributed by atoms with Crippen molar-refractivity contribution in [3.8, 4) is 11.4 Å². The Morgan fingerprint density at radius 1 is 1.10 bits per heavy atom. The number of carbonyl (C=O) groups is 1. The Morgan fingerprint density at radius 2 is 1.77 bits per heavy atom. The van der Waals surface area contributed by atoms with Gasteiger partial charge in [0.25, 0.3) is 0 Å². The van der Waals surface area contributed by atoms with Crippen molar-refractivity contribution in [2.75, 3.05) is 5.32 Å². The maximum atomic E-state index is 13.6. The molecule has 1 aliphatic carbocycles. The normalized spacial score (nSPS) is 16.1. The van der Waals surface area contributed by atoms with E-state index in [1.165, 1.54) is 12.1 Å². The van der Waals surface area contributed by atoms with Gasteiger partial charge in [0.1, 0.15) is 11.3 Å². The number of nitrogens with one attached hydrogen (secondary N) is 1. The van der Waals surface area contributed by atoms with Crippen LogP contribution in [0.4, 0.5) is 27.8 Å². The number of aryl methyl sites for hydroxylation is 2. The Balaban J connectivity index is 1.68. The van der Waals surface area contributed by atoms with Gasteiger partial charge < -0.3 is 15.0 Å². The number of aromatic carboxylic acids is 1. The van der Waals surface area contributed by atoms with E-state index in [9.17, 15) is 31.9 Å². The molecule has 2 heterocycles. The molecule has 12 heteroatoms. The van der Waals surface area contributed by atoms with Gasteiger partial charge in [0.05, 0.1) is 5.56 Å². The molecule has 2 aromatic heterocycles. The number of nitrogens with zero attached hydrogens (tertiary/aromatic N) is 4. The molecule has 40 heavy (non-hydrogen) atoms. The van der Waals surface area contributed by atoms with E-state index in [2.05, 4.69) is 20.3 Å². The lowest BCUT2D eigenvalue weighted by molar-refractivity contribution is -0.137. The molecule has 0 amide bonds. The molecule has 0 spiro atoms. The van der Waals surface area contributed by atoms with E-state index in [1.54, 1.807) is 11.5 Å². The van der Waals surface area contributed by atoms with Gasteiger partial charge in [0.2, 0.25) is 11.7 Å². The molecule has 1 fully saturated rings. The number of aromatic nitrogens is 4. The average molecular weight is 560 g/mol. The number of hydrogen-bond acceptors (Lipinski definition) is 5. The molecule has 1 unspecified atom stereocenters. The fourth-order valence-corrected chi connectivity index (χ4v) is 4.94. The van der Waals surface area contributed by atoms with Gasteiger partial charge in [-0.25, -0.2) is 28.5 Å². The van der Waals surface area contributed by atoms with E-state index in [1.807, 2.05) is 32.0 Å². The van der Waals surface area contributed by atoms with E-state index in [0.29, 0.717) is 16.9 Å². The van der Waals surface area contributed by atoms with Gasteiger partial charge in [-0.3, -0.25) is 0 Å². The third kappa shape index (κ3) is 5.34. The molecule has 1 saturated carbocycles. The first-order valence-corrected chi connectivity index (χ1v) is 12.6. The zero-order valence-electron chi connectivity index (χ0n) is 21.9. The maximum Gasteiger partial charge on any atom is 0.416 e. The molecule has 0 bridgehead atoms. The second kappa shape index (κ2) is 9.83. The summed E-state index contributed by atoms with van der Waals surface area (Å²) in [7, 11) is 0. The fraction of sp³-hybridized carbons (Fsp3) is 0.357. The zero-order valence-corrected chi connectivity index (χ0v) is 21.9. The summed E-state index contributed by atoms with van der Waals surface area (Å²) in [5.74, 6) is -4.50. The van der Waals surface area contributed by atoms with Crippen molar-refractivity contribution in [1.29, 1.82) is 0 Å². The molecular weight excluding hydrogens is 533 g/mol. The molecule has 2 N–H and O–H groups in total. The molecule has 4 aromatic rings. The van der Waals surface area contributed by atoms with Gasteiger partial charge in [-0.15, -0.1) is 0 Å². The number of alkyl halides is 5. The third-order valence-electron chi connectivity index (χ3n) is 7.24. The lowest BCUT2D eigenvalue weighted by Crippen LogP contribution is -2.44. The standard InChI is InChI=1S/C28H26F5N5O2/c1-14-4-5-15(2)20(10-14)25-37-23-21(38(25)13-17-6-8-19(9-7-17)28(31,32)33)22(35-24(36-23)26(39)40)34-16(3)18-11-27(29,30)12-18/h4-10,16,18H,11-13H2,1-3H3,(H,39,40)(H,34,35,36). The summed E-state index contributed by atoms with van der Waals surface area (Å²) in [6, 6.07) is 9.95. The topological polar surface area (TPSA) is 92.9 Å². The van der Waals surface area contributed by atoms with Crippen molar-refractivity contribution in [3.63, 3.8) is 0 Å². The molecule has 2 aromatic carbocycles. The highest BCUT2D eigenvalue weighted by atomic mass is 19.4. The van der Waals surface area contributed by atoms with Crippen LogP contribution in [0.2, 0.25) is 0 Å². The van der Waals surface area contributed by atoms with Gasteiger partial charge in [-0.1, -0.05) is 29.8 Å². The van der Waals surface area contributed by atoms with Gasteiger partial charge >= 0.3 is 12.1 Å². The Morgan fingerprint density at radius 3 is 2.38 bits per heavy atom. The van der Waals surface area contributed by atoms with Crippen LogP contribution < -0.4 is 5.32 Å². The number of hydrogen-bond donors (Lipinski definition) is 2. The Bertz CT molecular complexity index is 1590. The maximum absolute atomic E-state index is 13.6. The monoisotopic (exact) mass is 559 g/mol. The summed E-state index contributed by atoms with van der Waals surface area (Å²) in [5, 5.41) is 12.8. The molecule has 1 aliphatic rings. The molecule has 210 valence electrons. The lowest BCUT2D eigenvalue weighted by atomic mass is 9.77. The molecule has 0 aliphatic heterocycles. The zero-order chi connectivity index (χ0) is 29.0. The van der Waals surface area contributed by atoms with Crippen molar-refractivity contribution < 1.29 is 31.9 Å². The first-order valence-electron chi connectivity index (χ1n) is 12.6. The first kappa shape index (κ1) is 27.5. The first-order chi connectivity index (χ1) is 18.7. The summed E-state index contributed by atoms with van der Waals surface area (Å²) >= 11 is 0. The van der Waals surface area contributed by atoms with Gasteiger partial charge in [0.15, 0.2) is 11.5 Å². The van der Waals surface area contributed by atoms with E-state index in [4.69, 9.17) is 0 Å². The Labute approximate surface area is 226 Å². The summed E-state index contributed by atoms with van der Waals surface area (Å²) in [4.78, 5) is 24.8. The molecule has 0 saturated heterocycles. The summed E-state index contributed by atoms with van der Waals surface area (Å²) in [5.41, 5.74) is 2.63. The number of carboxylic acid groups (broad SMARTS) is 1. The third-order valence-corrected chi connectivity index (χ3v) is 7.24. The SMILES string of the molecule is Cc1ccc(C)c(-c2nc3nc(C(=O)O)nc(NC(C)C4CC(F)(F)C4)c3n2Cc2ccc(C(F)(F)F)cc2)c1. The fourth-order valence-electron chi connectivity index (χ4n) is 4.94.